The van der Waals surface area contributed by atoms with E-state index in [9.17, 15) is 14.4 Å². The van der Waals surface area contributed by atoms with Crippen LogP contribution in [0.25, 0.3) is 0 Å². The molecule has 0 aliphatic rings. The molecule has 11 nitrogen and oxygen atoms in total. The number of carbonyl (C=O) groups excluding carboxylic acids is 2. The minimum Gasteiger partial charge on any atom is -0.480 e. The normalized spacial score (nSPS) is 14.0. The van der Waals surface area contributed by atoms with Crippen molar-refractivity contribution in [3.63, 3.8) is 0 Å². The summed E-state index contributed by atoms with van der Waals surface area (Å²) < 4.78 is 0. The number of aliphatic hydroxyl groups excluding tert-OH is 1. The second-order valence-corrected chi connectivity index (χ2v) is 6.47. The smallest absolute Gasteiger partial charge is 0.328 e. The fourth-order valence-electron chi connectivity index (χ4n) is 1.89. The summed E-state index contributed by atoms with van der Waals surface area (Å²) in [6, 6.07) is -3.25. The highest BCUT2D eigenvalue weighted by Gasteiger charge is 2.27. The number of nitrogens with zero attached hydrogens (tertiary/aromatic N) is 1. The summed E-state index contributed by atoms with van der Waals surface area (Å²) in [5.74, 6) is -2.08. The molecule has 0 aliphatic heterocycles. The molecule has 0 rings (SSSR count). The van der Waals surface area contributed by atoms with Crippen molar-refractivity contribution in [3.05, 3.63) is 0 Å². The summed E-state index contributed by atoms with van der Waals surface area (Å²) in [7, 11) is 0. The van der Waals surface area contributed by atoms with Crippen LogP contribution in [0, 0.1) is 0 Å². The zero-order valence-electron chi connectivity index (χ0n) is 14.7. The number of rotatable bonds is 13. The zero-order chi connectivity index (χ0) is 20.1. The largest absolute Gasteiger partial charge is 0.480 e. The fraction of sp³-hybridized carbons (Fsp3) is 0.714. The third-order valence-electron chi connectivity index (χ3n) is 3.35. The van der Waals surface area contributed by atoms with Crippen LogP contribution >= 0.6 is 11.8 Å². The number of aliphatic imine (C=N–C) groups is 1. The SMILES string of the molecule is CSCCC(NC(=O)C(N)CCCN=C(N)N)C(=O)NC(CO)C(=O)O. The van der Waals surface area contributed by atoms with E-state index in [1.54, 1.807) is 0 Å². The van der Waals surface area contributed by atoms with Gasteiger partial charge in [-0.3, -0.25) is 14.6 Å². The predicted molar refractivity (Wildman–Crippen MR) is 99.5 cm³/mol. The van der Waals surface area contributed by atoms with Crippen LogP contribution in [0.2, 0.25) is 0 Å². The van der Waals surface area contributed by atoms with E-state index < -0.39 is 42.5 Å². The Morgan fingerprint density at radius 3 is 2.23 bits per heavy atom. The maximum atomic E-state index is 12.2. The number of thioether (sulfide) groups is 1. The molecule has 12 heteroatoms. The first kappa shape index (κ1) is 23.9. The molecule has 3 atom stereocenters. The van der Waals surface area contributed by atoms with Crippen molar-refractivity contribution in [2.75, 3.05) is 25.2 Å². The molecule has 0 saturated carbocycles. The lowest BCUT2D eigenvalue weighted by atomic mass is 10.1. The van der Waals surface area contributed by atoms with Crippen molar-refractivity contribution < 1.29 is 24.6 Å². The molecule has 0 aromatic heterocycles. The number of aliphatic carboxylic acids is 1. The van der Waals surface area contributed by atoms with Gasteiger partial charge in [0.15, 0.2) is 5.96 Å². The van der Waals surface area contributed by atoms with Crippen molar-refractivity contribution in [2.24, 2.45) is 22.2 Å². The van der Waals surface area contributed by atoms with Crippen molar-refractivity contribution in [1.29, 1.82) is 0 Å². The Labute approximate surface area is 156 Å². The van der Waals surface area contributed by atoms with Crippen molar-refractivity contribution in [1.82, 2.24) is 10.6 Å². The van der Waals surface area contributed by atoms with Gasteiger partial charge in [0.05, 0.1) is 12.6 Å². The molecule has 0 aromatic rings. The molecule has 0 radical (unpaired) electrons. The Balaban J connectivity index is 4.71. The first-order valence-corrected chi connectivity index (χ1v) is 9.36. The molecule has 0 heterocycles. The molecule has 10 N–H and O–H groups in total. The number of amides is 2. The summed E-state index contributed by atoms with van der Waals surface area (Å²) >= 11 is 1.47. The molecule has 150 valence electrons. The average Bonchev–Trinajstić information content (AvgIpc) is 2.58. The van der Waals surface area contributed by atoms with Gasteiger partial charge in [0.25, 0.3) is 0 Å². The van der Waals surface area contributed by atoms with Crippen LogP contribution in [0.3, 0.4) is 0 Å². The molecule has 0 spiro atoms. The van der Waals surface area contributed by atoms with Crippen LogP contribution in [0.5, 0.6) is 0 Å². The highest BCUT2D eigenvalue weighted by molar-refractivity contribution is 7.98. The first-order chi connectivity index (χ1) is 12.2. The van der Waals surface area contributed by atoms with Gasteiger partial charge in [-0.15, -0.1) is 0 Å². The van der Waals surface area contributed by atoms with Crippen LogP contribution in [0.4, 0.5) is 0 Å². The van der Waals surface area contributed by atoms with Gasteiger partial charge in [0, 0.05) is 6.54 Å². The molecule has 0 aliphatic carbocycles. The first-order valence-electron chi connectivity index (χ1n) is 7.97. The summed E-state index contributed by atoms with van der Waals surface area (Å²) in [6.07, 6.45) is 2.92. The van der Waals surface area contributed by atoms with Crippen molar-refractivity contribution in [2.45, 2.75) is 37.4 Å². The predicted octanol–water partition coefficient (Wildman–Crippen LogP) is -2.83. The van der Waals surface area contributed by atoms with Gasteiger partial charge in [0.2, 0.25) is 11.8 Å². The quantitative estimate of drug-likeness (QED) is 0.0977. The van der Waals surface area contributed by atoms with E-state index in [0.29, 0.717) is 25.1 Å². The van der Waals surface area contributed by atoms with Gasteiger partial charge in [-0.05, 0) is 31.3 Å². The Kier molecular flexibility index (Phi) is 12.2. The second-order valence-electron chi connectivity index (χ2n) is 5.48. The van der Waals surface area contributed by atoms with E-state index >= 15 is 0 Å². The van der Waals surface area contributed by atoms with E-state index in [1.165, 1.54) is 11.8 Å². The molecular weight excluding hydrogens is 364 g/mol. The number of guanidine groups is 1. The minimum absolute atomic E-state index is 0.0475. The van der Waals surface area contributed by atoms with Crippen LogP contribution in [-0.2, 0) is 14.4 Å². The molecule has 0 fully saturated rings. The lowest BCUT2D eigenvalue weighted by molar-refractivity contribution is -0.143. The van der Waals surface area contributed by atoms with Gasteiger partial charge >= 0.3 is 5.97 Å². The number of nitrogens with two attached hydrogens (primary N) is 3. The lowest BCUT2D eigenvalue weighted by Gasteiger charge is -2.22. The maximum Gasteiger partial charge on any atom is 0.328 e. The number of hydrogen-bond donors (Lipinski definition) is 7. The summed E-state index contributed by atoms with van der Waals surface area (Å²) in [5.41, 5.74) is 16.2. The molecule has 2 amide bonds. The van der Waals surface area contributed by atoms with E-state index in [2.05, 4.69) is 15.6 Å². The molecule has 0 bridgehead atoms. The van der Waals surface area contributed by atoms with Gasteiger partial charge in [-0.25, -0.2) is 4.79 Å². The summed E-state index contributed by atoms with van der Waals surface area (Å²) in [6.45, 7) is -0.426. The van der Waals surface area contributed by atoms with Crippen LogP contribution in [0.1, 0.15) is 19.3 Å². The number of carboxylic acid groups (broad SMARTS) is 1. The number of hydrogen-bond acceptors (Lipinski definition) is 7. The van der Waals surface area contributed by atoms with Crippen molar-refractivity contribution >= 4 is 35.5 Å². The molecule has 26 heavy (non-hydrogen) atoms. The summed E-state index contributed by atoms with van der Waals surface area (Å²) in [4.78, 5) is 39.1. The average molecular weight is 392 g/mol. The number of carbonyl (C=O) groups is 3. The monoisotopic (exact) mass is 392 g/mol. The van der Waals surface area contributed by atoms with E-state index in [1.807, 2.05) is 6.26 Å². The van der Waals surface area contributed by atoms with Gasteiger partial charge < -0.3 is 38.0 Å². The number of carboxylic acids is 1. The fourth-order valence-corrected chi connectivity index (χ4v) is 2.36. The van der Waals surface area contributed by atoms with Gasteiger partial charge in [-0.1, -0.05) is 0 Å². The van der Waals surface area contributed by atoms with Gasteiger partial charge in [-0.2, -0.15) is 11.8 Å². The topological polar surface area (TPSA) is 206 Å². The van der Waals surface area contributed by atoms with Gasteiger partial charge in [0.1, 0.15) is 12.1 Å². The zero-order valence-corrected chi connectivity index (χ0v) is 15.5. The van der Waals surface area contributed by atoms with Crippen LogP contribution in [-0.4, -0.2) is 77.2 Å². The third-order valence-corrected chi connectivity index (χ3v) is 3.99. The number of aliphatic hydroxyl groups is 1. The van der Waals surface area contributed by atoms with Crippen molar-refractivity contribution in [3.8, 4) is 0 Å². The molecule has 0 saturated heterocycles. The lowest BCUT2D eigenvalue weighted by Crippen LogP contribution is -2.55. The Morgan fingerprint density at radius 2 is 1.73 bits per heavy atom. The third kappa shape index (κ3) is 10.1. The Hall–Kier alpha value is -2.05. The highest BCUT2D eigenvalue weighted by atomic mass is 32.2. The van der Waals surface area contributed by atoms with Crippen LogP contribution in [0.15, 0.2) is 4.99 Å². The van der Waals surface area contributed by atoms with E-state index in [-0.39, 0.29) is 12.4 Å². The standard InChI is InChI=1S/C14H28N6O5S/c1-26-6-4-9(12(23)20-10(7-21)13(24)25)19-11(22)8(15)3-2-5-18-14(16)17/h8-10,21H,2-7,15H2,1H3,(H,19,22)(H,20,23)(H,24,25)(H4,16,17,18). The molecule has 3 unspecified atom stereocenters. The maximum absolute atomic E-state index is 12.2. The Morgan fingerprint density at radius 1 is 1.12 bits per heavy atom. The highest BCUT2D eigenvalue weighted by Crippen LogP contribution is 2.04. The molecular formula is C14H28N6O5S. The second kappa shape index (κ2) is 13.2. The van der Waals surface area contributed by atoms with E-state index in [4.69, 9.17) is 27.4 Å². The number of nitrogens with one attached hydrogen (secondary N) is 2. The molecule has 0 aromatic carbocycles. The van der Waals surface area contributed by atoms with E-state index in [0.717, 1.165) is 0 Å². The minimum atomic E-state index is -1.44. The van der Waals surface area contributed by atoms with Crippen LogP contribution < -0.4 is 27.8 Å². The summed E-state index contributed by atoms with van der Waals surface area (Å²) in [5, 5.41) is 22.6. The Bertz CT molecular complexity index is 500.